The third-order valence-electron chi connectivity index (χ3n) is 4.77. The van der Waals surface area contributed by atoms with Crippen LogP contribution in [0, 0.1) is 0 Å². The van der Waals surface area contributed by atoms with Gasteiger partial charge in [-0.15, -0.1) is 0 Å². The standard InChI is InChI=1S/C20H28N2O4S/c1-5-21(6-2)15-12-13-16(18(23)14-15)20-17(22(7-3)8-4)10-9-11-19(20)27(24,25)26/h9-14,23H,5-8H2,1-4H3,(H,24,25,26). The van der Waals surface area contributed by atoms with Crippen molar-refractivity contribution in [1.82, 2.24) is 0 Å². The van der Waals surface area contributed by atoms with Crippen molar-refractivity contribution >= 4 is 21.5 Å². The smallest absolute Gasteiger partial charge is 0.295 e. The topological polar surface area (TPSA) is 81.1 Å². The van der Waals surface area contributed by atoms with Crippen molar-refractivity contribution in [3.63, 3.8) is 0 Å². The van der Waals surface area contributed by atoms with Gasteiger partial charge in [0, 0.05) is 54.7 Å². The second-order valence-electron chi connectivity index (χ2n) is 6.17. The Morgan fingerprint density at radius 3 is 1.96 bits per heavy atom. The van der Waals surface area contributed by atoms with Gasteiger partial charge in [-0.05, 0) is 52.0 Å². The van der Waals surface area contributed by atoms with E-state index in [0.717, 1.165) is 18.8 Å². The van der Waals surface area contributed by atoms with Gasteiger partial charge < -0.3 is 14.9 Å². The van der Waals surface area contributed by atoms with Crippen LogP contribution in [0.2, 0.25) is 0 Å². The molecule has 2 aromatic rings. The van der Waals surface area contributed by atoms with Gasteiger partial charge in [-0.3, -0.25) is 4.55 Å². The van der Waals surface area contributed by atoms with Crippen molar-refractivity contribution in [2.45, 2.75) is 32.6 Å². The zero-order valence-electron chi connectivity index (χ0n) is 16.3. The van der Waals surface area contributed by atoms with Gasteiger partial charge in [0.25, 0.3) is 10.1 Å². The molecule has 0 radical (unpaired) electrons. The highest BCUT2D eigenvalue weighted by Crippen LogP contribution is 2.42. The minimum absolute atomic E-state index is 0.0242. The Balaban J connectivity index is 2.76. The van der Waals surface area contributed by atoms with E-state index in [1.807, 2.05) is 38.7 Å². The summed E-state index contributed by atoms with van der Waals surface area (Å²) in [5.74, 6) is -0.0242. The Bertz CT molecular complexity index is 889. The number of rotatable bonds is 8. The molecule has 0 spiro atoms. The molecule has 2 rings (SSSR count). The SMILES string of the molecule is CCN(CC)c1ccc(-c2c(N(CC)CC)cccc2S(=O)(=O)O)c(O)c1. The van der Waals surface area contributed by atoms with Gasteiger partial charge in [-0.25, -0.2) is 0 Å². The van der Waals surface area contributed by atoms with Crippen LogP contribution in [0.25, 0.3) is 11.1 Å². The molecule has 7 heteroatoms. The average molecular weight is 393 g/mol. The van der Waals surface area contributed by atoms with Gasteiger partial charge in [-0.1, -0.05) is 6.07 Å². The summed E-state index contributed by atoms with van der Waals surface area (Å²) in [6.07, 6.45) is 0. The summed E-state index contributed by atoms with van der Waals surface area (Å²) >= 11 is 0. The maximum Gasteiger partial charge on any atom is 0.295 e. The molecule has 0 saturated heterocycles. The number of nitrogens with zero attached hydrogens (tertiary/aromatic N) is 2. The summed E-state index contributed by atoms with van der Waals surface area (Å²) in [6, 6.07) is 9.95. The van der Waals surface area contributed by atoms with Crippen LogP contribution in [0.15, 0.2) is 41.3 Å². The number of hydrogen-bond acceptors (Lipinski definition) is 5. The fourth-order valence-electron chi connectivity index (χ4n) is 3.35. The van der Waals surface area contributed by atoms with E-state index in [2.05, 4.69) is 4.90 Å². The fraction of sp³-hybridized carbons (Fsp3) is 0.400. The maximum absolute atomic E-state index is 12.0. The van der Waals surface area contributed by atoms with Crippen LogP contribution in [-0.2, 0) is 10.1 Å². The lowest BCUT2D eigenvalue weighted by molar-refractivity contribution is 0.476. The number of aromatic hydroxyl groups is 1. The summed E-state index contributed by atoms with van der Waals surface area (Å²) in [7, 11) is -4.45. The van der Waals surface area contributed by atoms with E-state index in [-0.39, 0.29) is 10.6 Å². The highest BCUT2D eigenvalue weighted by Gasteiger charge is 2.24. The van der Waals surface area contributed by atoms with E-state index in [1.165, 1.54) is 6.07 Å². The minimum atomic E-state index is -4.45. The number of hydrogen-bond donors (Lipinski definition) is 2. The van der Waals surface area contributed by atoms with Crippen molar-refractivity contribution in [1.29, 1.82) is 0 Å². The molecule has 2 N–H and O–H groups in total. The van der Waals surface area contributed by atoms with Crippen LogP contribution in [0.1, 0.15) is 27.7 Å². The molecular formula is C20H28N2O4S. The molecular weight excluding hydrogens is 364 g/mol. The lowest BCUT2D eigenvalue weighted by Crippen LogP contribution is -2.23. The third-order valence-corrected chi connectivity index (χ3v) is 5.66. The Hall–Kier alpha value is -2.25. The average Bonchev–Trinajstić information content (AvgIpc) is 2.63. The molecule has 0 unspecified atom stereocenters. The van der Waals surface area contributed by atoms with Crippen LogP contribution in [0.3, 0.4) is 0 Å². The first-order valence-corrected chi connectivity index (χ1v) is 10.7. The fourth-order valence-corrected chi connectivity index (χ4v) is 4.07. The maximum atomic E-state index is 12.0. The number of phenols is 1. The van der Waals surface area contributed by atoms with Gasteiger partial charge in [-0.2, -0.15) is 8.42 Å². The number of benzene rings is 2. The van der Waals surface area contributed by atoms with Gasteiger partial charge >= 0.3 is 0 Å². The summed E-state index contributed by atoms with van der Waals surface area (Å²) in [5.41, 5.74) is 2.20. The highest BCUT2D eigenvalue weighted by atomic mass is 32.2. The Kier molecular flexibility index (Phi) is 6.73. The summed E-state index contributed by atoms with van der Waals surface area (Å²) in [6.45, 7) is 10.9. The molecule has 6 nitrogen and oxygen atoms in total. The zero-order valence-corrected chi connectivity index (χ0v) is 17.1. The first-order chi connectivity index (χ1) is 12.8. The van der Waals surface area contributed by atoms with Crippen molar-refractivity contribution in [2.24, 2.45) is 0 Å². The van der Waals surface area contributed by atoms with Gasteiger partial charge in [0.1, 0.15) is 10.6 Å². The van der Waals surface area contributed by atoms with E-state index >= 15 is 0 Å². The van der Waals surface area contributed by atoms with E-state index < -0.39 is 10.1 Å². The molecule has 0 bridgehead atoms. The first kappa shape index (κ1) is 21.1. The molecule has 0 saturated carbocycles. The highest BCUT2D eigenvalue weighted by molar-refractivity contribution is 7.86. The van der Waals surface area contributed by atoms with Gasteiger partial charge in [0.2, 0.25) is 0 Å². The van der Waals surface area contributed by atoms with Gasteiger partial charge in [0.05, 0.1) is 0 Å². The molecule has 0 aliphatic heterocycles. The quantitative estimate of drug-likeness (QED) is 0.661. The van der Waals surface area contributed by atoms with Gasteiger partial charge in [0.15, 0.2) is 0 Å². The van der Waals surface area contributed by atoms with Crippen LogP contribution in [0.5, 0.6) is 5.75 Å². The predicted octanol–water partition coefficient (Wildman–Crippen LogP) is 4.00. The molecule has 2 aromatic carbocycles. The van der Waals surface area contributed by atoms with E-state index in [0.29, 0.717) is 29.9 Å². The van der Waals surface area contributed by atoms with Crippen LogP contribution in [0.4, 0.5) is 11.4 Å². The molecule has 0 aliphatic rings. The van der Waals surface area contributed by atoms with Crippen LogP contribution in [-0.4, -0.2) is 44.3 Å². The minimum Gasteiger partial charge on any atom is -0.507 e. The second-order valence-corrected chi connectivity index (χ2v) is 7.56. The van der Waals surface area contributed by atoms with Crippen molar-refractivity contribution in [3.8, 4) is 16.9 Å². The predicted molar refractivity (Wildman–Crippen MR) is 110 cm³/mol. The molecule has 27 heavy (non-hydrogen) atoms. The number of phenolic OH excluding ortho intramolecular Hbond substituents is 1. The largest absolute Gasteiger partial charge is 0.507 e. The van der Waals surface area contributed by atoms with Crippen molar-refractivity contribution in [3.05, 3.63) is 36.4 Å². The second kappa shape index (κ2) is 8.63. The lowest BCUT2D eigenvalue weighted by atomic mass is 10.0. The van der Waals surface area contributed by atoms with E-state index in [4.69, 9.17) is 0 Å². The van der Waals surface area contributed by atoms with Crippen LogP contribution < -0.4 is 9.80 Å². The zero-order chi connectivity index (χ0) is 20.2. The molecule has 148 valence electrons. The van der Waals surface area contributed by atoms with E-state index in [9.17, 15) is 18.1 Å². The van der Waals surface area contributed by atoms with Crippen molar-refractivity contribution < 1.29 is 18.1 Å². The molecule has 0 fully saturated rings. The Morgan fingerprint density at radius 2 is 1.48 bits per heavy atom. The van der Waals surface area contributed by atoms with E-state index in [1.54, 1.807) is 24.3 Å². The Morgan fingerprint density at radius 1 is 0.889 bits per heavy atom. The summed E-state index contributed by atoms with van der Waals surface area (Å²) < 4.78 is 33.8. The summed E-state index contributed by atoms with van der Waals surface area (Å²) in [4.78, 5) is 3.86. The van der Waals surface area contributed by atoms with Crippen LogP contribution >= 0.6 is 0 Å². The normalized spacial score (nSPS) is 11.4. The third kappa shape index (κ3) is 4.36. The Labute approximate surface area is 161 Å². The molecule has 0 amide bonds. The monoisotopic (exact) mass is 392 g/mol. The van der Waals surface area contributed by atoms with Crippen molar-refractivity contribution in [2.75, 3.05) is 36.0 Å². The first-order valence-electron chi connectivity index (χ1n) is 9.22. The molecule has 0 aromatic heterocycles. The molecule has 0 aliphatic carbocycles. The molecule has 0 atom stereocenters. The molecule has 0 heterocycles. The number of anilines is 2. The lowest BCUT2D eigenvalue weighted by Gasteiger charge is -2.26. The summed E-state index contributed by atoms with van der Waals surface area (Å²) in [5, 5.41) is 10.7.